The van der Waals surface area contributed by atoms with Crippen LogP contribution < -0.4 is 15.6 Å². The zero-order valence-corrected chi connectivity index (χ0v) is 17.6. The van der Waals surface area contributed by atoms with Gasteiger partial charge in [-0.15, -0.1) is 0 Å². The summed E-state index contributed by atoms with van der Waals surface area (Å²) in [5.74, 6) is 0.128. The topological polar surface area (TPSA) is 73.9 Å². The highest BCUT2D eigenvalue weighted by Gasteiger charge is 2.19. The first-order valence-corrected chi connectivity index (χ1v) is 10.3. The van der Waals surface area contributed by atoms with Gasteiger partial charge in [0, 0.05) is 38.3 Å². The van der Waals surface area contributed by atoms with Crippen LogP contribution in [0, 0.1) is 0 Å². The van der Waals surface area contributed by atoms with Gasteiger partial charge in [0.2, 0.25) is 0 Å². The van der Waals surface area contributed by atoms with Gasteiger partial charge in [-0.1, -0.05) is 30.3 Å². The summed E-state index contributed by atoms with van der Waals surface area (Å²) in [6.07, 6.45) is 0.0733. The molecule has 7 heteroatoms. The number of hydrogen-bond acceptors (Lipinski definition) is 5. The standard InChI is InChI=1S/C23H30N4O3/c1-18(2)30-21-10-8-20(9-11-21)23(29)25-24-22(28)17-27-14-12-26(13-15-27)16-19-6-4-3-5-7-19/h3-11,18H,12-17H2,1-2H3,(H,24,28)(H,25,29). The lowest BCUT2D eigenvalue weighted by Gasteiger charge is -2.34. The molecule has 7 nitrogen and oxygen atoms in total. The zero-order valence-electron chi connectivity index (χ0n) is 17.6. The van der Waals surface area contributed by atoms with E-state index in [9.17, 15) is 9.59 Å². The molecule has 160 valence electrons. The molecule has 2 N–H and O–H groups in total. The summed E-state index contributed by atoms with van der Waals surface area (Å²) in [5.41, 5.74) is 6.74. The Morgan fingerprint density at radius 3 is 2.17 bits per heavy atom. The number of ether oxygens (including phenoxy) is 1. The summed E-state index contributed by atoms with van der Waals surface area (Å²) >= 11 is 0. The molecule has 1 aliphatic heterocycles. The molecule has 30 heavy (non-hydrogen) atoms. The van der Waals surface area contributed by atoms with E-state index in [1.165, 1.54) is 5.56 Å². The van der Waals surface area contributed by atoms with Crippen molar-refractivity contribution >= 4 is 11.8 Å². The summed E-state index contributed by atoms with van der Waals surface area (Å²) in [6, 6.07) is 17.2. The minimum absolute atomic E-state index is 0.0733. The van der Waals surface area contributed by atoms with Crippen molar-refractivity contribution in [3.63, 3.8) is 0 Å². The highest BCUT2D eigenvalue weighted by molar-refractivity contribution is 5.95. The number of nitrogens with zero attached hydrogens (tertiary/aromatic N) is 2. The first-order valence-electron chi connectivity index (χ1n) is 10.3. The van der Waals surface area contributed by atoms with Crippen molar-refractivity contribution in [1.82, 2.24) is 20.7 Å². The largest absolute Gasteiger partial charge is 0.491 e. The summed E-state index contributed by atoms with van der Waals surface area (Å²) in [5, 5.41) is 0. The van der Waals surface area contributed by atoms with Gasteiger partial charge in [-0.25, -0.2) is 0 Å². The number of rotatable bonds is 7. The molecule has 2 amide bonds. The average molecular weight is 411 g/mol. The summed E-state index contributed by atoms with van der Waals surface area (Å²) < 4.78 is 5.56. The molecule has 1 aliphatic rings. The lowest BCUT2D eigenvalue weighted by atomic mass is 10.2. The smallest absolute Gasteiger partial charge is 0.269 e. The number of carbonyl (C=O) groups is 2. The Labute approximate surface area is 178 Å². The molecule has 0 bridgehead atoms. The third kappa shape index (κ3) is 6.86. The second-order valence-corrected chi connectivity index (χ2v) is 7.73. The van der Waals surface area contributed by atoms with E-state index in [2.05, 4.69) is 44.9 Å². The molecule has 1 fully saturated rings. The SMILES string of the molecule is CC(C)Oc1ccc(C(=O)NNC(=O)CN2CCN(Cc3ccccc3)CC2)cc1. The van der Waals surface area contributed by atoms with Crippen molar-refractivity contribution in [2.75, 3.05) is 32.7 Å². The van der Waals surface area contributed by atoms with Crippen LogP contribution in [0.5, 0.6) is 5.75 Å². The minimum Gasteiger partial charge on any atom is -0.491 e. The van der Waals surface area contributed by atoms with Crippen LogP contribution in [0.2, 0.25) is 0 Å². The Hall–Kier alpha value is -2.90. The number of amides is 2. The van der Waals surface area contributed by atoms with E-state index >= 15 is 0 Å². The van der Waals surface area contributed by atoms with Gasteiger partial charge in [0.1, 0.15) is 5.75 Å². The van der Waals surface area contributed by atoms with Crippen LogP contribution in [0.25, 0.3) is 0 Å². The fraction of sp³-hybridized carbons (Fsp3) is 0.391. The zero-order chi connectivity index (χ0) is 21.3. The molecule has 2 aromatic rings. The number of hydrogen-bond donors (Lipinski definition) is 2. The highest BCUT2D eigenvalue weighted by atomic mass is 16.5. The highest BCUT2D eigenvalue weighted by Crippen LogP contribution is 2.13. The van der Waals surface area contributed by atoms with E-state index < -0.39 is 0 Å². The van der Waals surface area contributed by atoms with Crippen LogP contribution in [0.15, 0.2) is 54.6 Å². The molecule has 0 atom stereocenters. The van der Waals surface area contributed by atoms with Crippen LogP contribution in [-0.4, -0.2) is 60.4 Å². The summed E-state index contributed by atoms with van der Waals surface area (Å²) in [7, 11) is 0. The van der Waals surface area contributed by atoms with Gasteiger partial charge >= 0.3 is 0 Å². The molecule has 0 saturated carbocycles. The van der Waals surface area contributed by atoms with Gasteiger partial charge in [0.05, 0.1) is 12.6 Å². The van der Waals surface area contributed by atoms with Crippen LogP contribution in [0.4, 0.5) is 0 Å². The Balaban J connectivity index is 1.36. The van der Waals surface area contributed by atoms with Gasteiger partial charge in [-0.3, -0.25) is 30.2 Å². The number of nitrogens with one attached hydrogen (secondary N) is 2. The monoisotopic (exact) mass is 410 g/mol. The minimum atomic E-state index is -0.355. The van der Waals surface area contributed by atoms with Crippen molar-refractivity contribution in [2.45, 2.75) is 26.5 Å². The molecule has 1 heterocycles. The van der Waals surface area contributed by atoms with Gasteiger partial charge in [0.25, 0.3) is 11.8 Å². The van der Waals surface area contributed by atoms with Gasteiger partial charge in [-0.05, 0) is 43.7 Å². The number of carbonyl (C=O) groups excluding carboxylic acids is 2. The fourth-order valence-electron chi connectivity index (χ4n) is 3.35. The lowest BCUT2D eigenvalue weighted by molar-refractivity contribution is -0.123. The normalized spacial score (nSPS) is 15.0. The summed E-state index contributed by atoms with van der Waals surface area (Å²) in [4.78, 5) is 28.9. The van der Waals surface area contributed by atoms with Crippen molar-refractivity contribution in [2.24, 2.45) is 0 Å². The maximum Gasteiger partial charge on any atom is 0.269 e. The average Bonchev–Trinajstić information content (AvgIpc) is 2.74. The number of hydrazine groups is 1. The lowest BCUT2D eigenvalue weighted by Crippen LogP contribution is -2.51. The Kier molecular flexibility index (Phi) is 7.82. The first-order chi connectivity index (χ1) is 14.5. The predicted molar refractivity (Wildman–Crippen MR) is 116 cm³/mol. The third-order valence-electron chi connectivity index (χ3n) is 4.88. The Bertz CT molecular complexity index is 816. The van der Waals surface area contributed by atoms with Crippen LogP contribution in [0.1, 0.15) is 29.8 Å². The first kappa shape index (κ1) is 21.8. The maximum atomic E-state index is 12.2. The Morgan fingerprint density at radius 1 is 0.900 bits per heavy atom. The van der Waals surface area contributed by atoms with Crippen LogP contribution in [-0.2, 0) is 11.3 Å². The van der Waals surface area contributed by atoms with E-state index in [1.807, 2.05) is 19.9 Å². The van der Waals surface area contributed by atoms with Gasteiger partial charge in [-0.2, -0.15) is 0 Å². The molecule has 0 spiro atoms. The molecular formula is C23H30N4O3. The molecule has 0 radical (unpaired) electrons. The van der Waals surface area contributed by atoms with Crippen molar-refractivity contribution in [3.8, 4) is 5.75 Å². The second-order valence-electron chi connectivity index (χ2n) is 7.73. The fourth-order valence-corrected chi connectivity index (χ4v) is 3.35. The van der Waals surface area contributed by atoms with Crippen molar-refractivity contribution in [3.05, 3.63) is 65.7 Å². The molecule has 0 aromatic heterocycles. The van der Waals surface area contributed by atoms with Gasteiger partial charge < -0.3 is 4.74 Å². The second kappa shape index (κ2) is 10.8. The van der Waals surface area contributed by atoms with E-state index in [4.69, 9.17) is 4.74 Å². The van der Waals surface area contributed by atoms with E-state index in [0.717, 1.165) is 32.7 Å². The molecular weight excluding hydrogens is 380 g/mol. The van der Waals surface area contributed by atoms with Crippen LogP contribution >= 0.6 is 0 Å². The van der Waals surface area contributed by atoms with E-state index in [1.54, 1.807) is 24.3 Å². The van der Waals surface area contributed by atoms with E-state index in [0.29, 0.717) is 11.3 Å². The molecule has 0 aliphatic carbocycles. The van der Waals surface area contributed by atoms with Gasteiger partial charge in [0.15, 0.2) is 0 Å². The molecule has 3 rings (SSSR count). The molecule has 1 saturated heterocycles. The van der Waals surface area contributed by atoms with E-state index in [-0.39, 0.29) is 24.5 Å². The number of piperazine rings is 1. The predicted octanol–water partition coefficient (Wildman–Crippen LogP) is 2.05. The Morgan fingerprint density at radius 2 is 1.53 bits per heavy atom. The van der Waals surface area contributed by atoms with Crippen molar-refractivity contribution < 1.29 is 14.3 Å². The quantitative estimate of drug-likeness (QED) is 0.684. The maximum absolute atomic E-state index is 12.2. The molecule has 0 unspecified atom stereocenters. The van der Waals surface area contributed by atoms with Crippen LogP contribution in [0.3, 0.4) is 0 Å². The molecule has 2 aromatic carbocycles. The number of benzene rings is 2. The summed E-state index contributed by atoms with van der Waals surface area (Å²) in [6.45, 7) is 8.56. The van der Waals surface area contributed by atoms with Crippen molar-refractivity contribution in [1.29, 1.82) is 0 Å². The third-order valence-corrected chi connectivity index (χ3v) is 4.88.